The molecule has 0 aliphatic heterocycles. The van der Waals surface area contributed by atoms with E-state index in [4.69, 9.17) is 5.84 Å². The summed E-state index contributed by atoms with van der Waals surface area (Å²) in [5.74, 6) is 6.56. The van der Waals surface area contributed by atoms with E-state index in [0.29, 0.717) is 5.95 Å². The van der Waals surface area contributed by atoms with E-state index < -0.39 is 0 Å². The molecule has 0 saturated heterocycles. The van der Waals surface area contributed by atoms with Gasteiger partial charge < -0.3 is 4.90 Å². The van der Waals surface area contributed by atoms with E-state index in [1.807, 2.05) is 49.2 Å². The molecule has 2 rings (SSSR count). The maximum atomic E-state index is 5.31. The van der Waals surface area contributed by atoms with Crippen LogP contribution in [0.5, 0.6) is 0 Å². The molecule has 0 amide bonds. The van der Waals surface area contributed by atoms with Gasteiger partial charge in [0.1, 0.15) is 5.82 Å². The fraction of sp³-hybridized carbons (Fsp3) is 0.167. The van der Waals surface area contributed by atoms with Crippen molar-refractivity contribution in [3.05, 3.63) is 42.1 Å². The van der Waals surface area contributed by atoms with Crippen LogP contribution in [-0.2, 0) is 0 Å². The summed E-state index contributed by atoms with van der Waals surface area (Å²) in [6.07, 6.45) is 1.75. The molecule has 0 radical (unpaired) electrons. The monoisotopic (exact) mass is 229 g/mol. The minimum atomic E-state index is 0.411. The van der Waals surface area contributed by atoms with Crippen LogP contribution >= 0.6 is 0 Å². The van der Waals surface area contributed by atoms with E-state index in [1.54, 1.807) is 6.20 Å². The second-order valence-corrected chi connectivity index (χ2v) is 3.74. The van der Waals surface area contributed by atoms with Gasteiger partial charge in [-0.15, -0.1) is 0 Å². The lowest BCUT2D eigenvalue weighted by Crippen LogP contribution is -2.16. The molecule has 0 aliphatic rings. The first-order chi connectivity index (χ1) is 8.22. The molecule has 1 heterocycles. The van der Waals surface area contributed by atoms with Gasteiger partial charge in [0.25, 0.3) is 0 Å². The number of hydrogen-bond donors (Lipinski definition) is 2. The number of hydrogen-bond acceptors (Lipinski definition) is 5. The van der Waals surface area contributed by atoms with Crippen molar-refractivity contribution in [3.63, 3.8) is 0 Å². The molecular formula is C12H15N5. The van der Waals surface area contributed by atoms with E-state index >= 15 is 0 Å². The van der Waals surface area contributed by atoms with Crippen molar-refractivity contribution in [1.29, 1.82) is 0 Å². The quantitative estimate of drug-likeness (QED) is 0.621. The van der Waals surface area contributed by atoms with E-state index in [1.165, 1.54) is 0 Å². The predicted octanol–water partition coefficient (Wildman–Crippen LogP) is 1.84. The third kappa shape index (κ3) is 2.34. The first-order valence-electron chi connectivity index (χ1n) is 5.31. The Hall–Kier alpha value is -2.14. The summed E-state index contributed by atoms with van der Waals surface area (Å²) >= 11 is 0. The lowest BCUT2D eigenvalue weighted by molar-refractivity contribution is 1.04. The van der Waals surface area contributed by atoms with Crippen LogP contribution in [0.25, 0.3) is 0 Å². The van der Waals surface area contributed by atoms with Crippen LogP contribution < -0.4 is 16.2 Å². The number of aryl methyl sites for hydroxylation is 1. The number of rotatable bonds is 3. The van der Waals surface area contributed by atoms with Gasteiger partial charge in [-0.2, -0.15) is 4.98 Å². The topological polar surface area (TPSA) is 67.1 Å². The Labute approximate surface area is 100 Å². The SMILES string of the molecule is Cc1cnc(NN)nc1N(C)c1ccccc1. The maximum absolute atomic E-state index is 5.31. The van der Waals surface area contributed by atoms with E-state index in [0.717, 1.165) is 17.1 Å². The summed E-state index contributed by atoms with van der Waals surface area (Å²) in [6.45, 7) is 1.97. The zero-order valence-corrected chi connectivity index (χ0v) is 9.88. The van der Waals surface area contributed by atoms with Crippen molar-refractivity contribution in [2.75, 3.05) is 17.4 Å². The predicted molar refractivity (Wildman–Crippen MR) is 69.1 cm³/mol. The molecule has 0 spiro atoms. The molecule has 0 unspecified atom stereocenters. The first kappa shape index (κ1) is 11.3. The van der Waals surface area contributed by atoms with Gasteiger partial charge >= 0.3 is 0 Å². The lowest BCUT2D eigenvalue weighted by Gasteiger charge is -2.20. The Balaban J connectivity index is 2.40. The van der Waals surface area contributed by atoms with Crippen LogP contribution in [0.4, 0.5) is 17.5 Å². The molecule has 0 aliphatic carbocycles. The van der Waals surface area contributed by atoms with Crippen molar-refractivity contribution in [3.8, 4) is 0 Å². The van der Waals surface area contributed by atoms with Crippen molar-refractivity contribution in [2.45, 2.75) is 6.92 Å². The normalized spacial score (nSPS) is 10.1. The Kier molecular flexibility index (Phi) is 3.20. The second-order valence-electron chi connectivity index (χ2n) is 3.74. The molecule has 5 nitrogen and oxygen atoms in total. The van der Waals surface area contributed by atoms with Gasteiger partial charge in [-0.05, 0) is 19.1 Å². The highest BCUT2D eigenvalue weighted by Crippen LogP contribution is 2.24. The highest BCUT2D eigenvalue weighted by Gasteiger charge is 2.09. The Bertz CT molecular complexity index is 498. The average Bonchev–Trinajstić information content (AvgIpc) is 2.39. The van der Waals surface area contributed by atoms with Crippen LogP contribution in [0.3, 0.4) is 0 Å². The number of nitrogens with two attached hydrogens (primary N) is 1. The second kappa shape index (κ2) is 4.80. The fourth-order valence-electron chi connectivity index (χ4n) is 1.62. The molecule has 3 N–H and O–H groups in total. The number of anilines is 3. The van der Waals surface area contributed by atoms with Gasteiger partial charge in [0, 0.05) is 24.5 Å². The molecule has 5 heteroatoms. The Morgan fingerprint density at radius 3 is 2.59 bits per heavy atom. The Morgan fingerprint density at radius 1 is 1.24 bits per heavy atom. The minimum Gasteiger partial charge on any atom is -0.329 e. The minimum absolute atomic E-state index is 0.411. The van der Waals surface area contributed by atoms with Crippen LogP contribution in [0.15, 0.2) is 36.5 Å². The fourth-order valence-corrected chi connectivity index (χ4v) is 1.62. The highest BCUT2D eigenvalue weighted by atomic mass is 15.3. The number of hydrazine groups is 1. The smallest absolute Gasteiger partial charge is 0.239 e. The molecule has 1 aromatic heterocycles. The Morgan fingerprint density at radius 2 is 1.94 bits per heavy atom. The zero-order valence-electron chi connectivity index (χ0n) is 9.88. The van der Waals surface area contributed by atoms with Gasteiger partial charge in [0.2, 0.25) is 5.95 Å². The first-order valence-corrected chi connectivity index (χ1v) is 5.31. The van der Waals surface area contributed by atoms with E-state index in [9.17, 15) is 0 Å². The van der Waals surface area contributed by atoms with Crippen LogP contribution in [0.1, 0.15) is 5.56 Å². The number of para-hydroxylation sites is 1. The zero-order chi connectivity index (χ0) is 12.3. The van der Waals surface area contributed by atoms with Gasteiger partial charge in [-0.1, -0.05) is 18.2 Å². The van der Waals surface area contributed by atoms with Gasteiger partial charge in [-0.3, -0.25) is 5.43 Å². The van der Waals surface area contributed by atoms with Gasteiger partial charge in [0.05, 0.1) is 0 Å². The third-order valence-electron chi connectivity index (χ3n) is 2.54. The largest absolute Gasteiger partial charge is 0.329 e. The molecule has 88 valence electrons. The van der Waals surface area contributed by atoms with E-state index in [2.05, 4.69) is 15.4 Å². The summed E-state index contributed by atoms with van der Waals surface area (Å²) < 4.78 is 0. The molecule has 0 atom stereocenters. The molecular weight excluding hydrogens is 214 g/mol. The molecule has 2 aromatic rings. The van der Waals surface area contributed by atoms with Crippen LogP contribution in [0, 0.1) is 6.92 Å². The van der Waals surface area contributed by atoms with E-state index in [-0.39, 0.29) is 0 Å². The average molecular weight is 229 g/mol. The summed E-state index contributed by atoms with van der Waals surface area (Å²) in [4.78, 5) is 10.4. The molecule has 0 fully saturated rings. The third-order valence-corrected chi connectivity index (χ3v) is 2.54. The summed E-state index contributed by atoms with van der Waals surface area (Å²) in [6, 6.07) is 10.0. The number of benzene rings is 1. The molecule has 0 bridgehead atoms. The molecule has 0 saturated carbocycles. The van der Waals surface area contributed by atoms with Crippen molar-refractivity contribution in [2.24, 2.45) is 5.84 Å². The number of nitrogens with one attached hydrogen (secondary N) is 1. The molecule has 1 aromatic carbocycles. The van der Waals surface area contributed by atoms with Crippen molar-refractivity contribution in [1.82, 2.24) is 9.97 Å². The highest BCUT2D eigenvalue weighted by molar-refractivity contribution is 5.62. The maximum Gasteiger partial charge on any atom is 0.239 e. The van der Waals surface area contributed by atoms with Gasteiger partial charge in [-0.25, -0.2) is 10.8 Å². The number of nitrogen functional groups attached to an aromatic ring is 1. The van der Waals surface area contributed by atoms with Crippen LogP contribution in [-0.4, -0.2) is 17.0 Å². The summed E-state index contributed by atoms with van der Waals surface area (Å²) in [7, 11) is 1.96. The van der Waals surface area contributed by atoms with Crippen molar-refractivity contribution < 1.29 is 0 Å². The summed E-state index contributed by atoms with van der Waals surface area (Å²) in [5.41, 5.74) is 4.51. The number of nitrogens with zero attached hydrogens (tertiary/aromatic N) is 3. The van der Waals surface area contributed by atoms with Crippen molar-refractivity contribution >= 4 is 17.5 Å². The standard InChI is InChI=1S/C12H15N5/c1-9-8-14-12(16-13)15-11(9)17(2)10-6-4-3-5-7-10/h3-8H,13H2,1-2H3,(H,14,15,16). The number of aromatic nitrogens is 2. The summed E-state index contributed by atoms with van der Waals surface area (Å²) in [5, 5.41) is 0. The van der Waals surface area contributed by atoms with Gasteiger partial charge in [0.15, 0.2) is 0 Å². The molecule has 17 heavy (non-hydrogen) atoms. The van der Waals surface area contributed by atoms with Crippen LogP contribution in [0.2, 0.25) is 0 Å². The lowest BCUT2D eigenvalue weighted by atomic mass is 10.2.